The van der Waals surface area contributed by atoms with Crippen molar-refractivity contribution in [1.82, 2.24) is 5.32 Å². The Kier molecular flexibility index (Phi) is 6.87. The van der Waals surface area contributed by atoms with Gasteiger partial charge in [0.1, 0.15) is 22.4 Å². The van der Waals surface area contributed by atoms with Gasteiger partial charge in [-0.1, -0.05) is 53.2 Å². The zero-order chi connectivity index (χ0) is 23.4. The maximum absolute atomic E-state index is 13.4. The van der Waals surface area contributed by atoms with E-state index in [4.69, 9.17) is 16.0 Å². The third kappa shape index (κ3) is 5.14. The summed E-state index contributed by atoms with van der Waals surface area (Å²) < 4.78 is 5.24. The molecular formula is C25H20ClN3O3S. The highest BCUT2D eigenvalue weighted by Gasteiger charge is 2.40. The third-order valence-electron chi connectivity index (χ3n) is 5.14. The zero-order valence-electron chi connectivity index (χ0n) is 17.7. The van der Waals surface area contributed by atoms with Crippen molar-refractivity contribution in [2.75, 3.05) is 4.90 Å². The van der Waals surface area contributed by atoms with Crippen LogP contribution in [0, 0.1) is 18.3 Å². The second-order valence-corrected chi connectivity index (χ2v) is 9.13. The molecule has 0 radical (unpaired) electrons. The summed E-state index contributed by atoms with van der Waals surface area (Å²) in [5, 5.41) is 13.0. The monoisotopic (exact) mass is 477 g/mol. The number of hydrogen-bond donors (Lipinski definition) is 1. The van der Waals surface area contributed by atoms with Gasteiger partial charge in [-0.25, -0.2) is 0 Å². The Morgan fingerprint density at radius 1 is 1.18 bits per heavy atom. The summed E-state index contributed by atoms with van der Waals surface area (Å²) in [5.74, 6) is -0.175. The Hall–Kier alpha value is -3.47. The second-order valence-electron chi connectivity index (χ2n) is 7.50. The normalized spacial score (nSPS) is 17.1. The van der Waals surface area contributed by atoms with Crippen LogP contribution in [0.15, 0.2) is 81.9 Å². The molecule has 2 heterocycles. The minimum absolute atomic E-state index is 0.112. The van der Waals surface area contributed by atoms with Crippen LogP contribution in [-0.2, 0) is 22.6 Å². The fourth-order valence-corrected chi connectivity index (χ4v) is 4.85. The molecule has 1 N–H and O–H groups in total. The van der Waals surface area contributed by atoms with Crippen molar-refractivity contribution in [3.63, 3.8) is 0 Å². The molecule has 6 nitrogen and oxygen atoms in total. The number of rotatable bonds is 6. The first-order chi connectivity index (χ1) is 16.0. The number of carbonyl (C=O) groups is 2. The molecule has 1 saturated heterocycles. The Morgan fingerprint density at radius 2 is 1.91 bits per heavy atom. The highest BCUT2D eigenvalue weighted by molar-refractivity contribution is 8.05. The van der Waals surface area contributed by atoms with Gasteiger partial charge in [0.2, 0.25) is 5.91 Å². The summed E-state index contributed by atoms with van der Waals surface area (Å²) in [6, 6.07) is 20.2. The van der Waals surface area contributed by atoms with E-state index >= 15 is 0 Å². The molecule has 4 rings (SSSR count). The fraction of sp³-hybridized carbons (Fsp3) is 0.160. The van der Waals surface area contributed by atoms with Crippen LogP contribution in [0.2, 0.25) is 5.02 Å². The van der Waals surface area contributed by atoms with Gasteiger partial charge in [-0.3, -0.25) is 14.5 Å². The number of nitrogens with zero attached hydrogens (tertiary/aromatic N) is 2. The Morgan fingerprint density at radius 3 is 2.55 bits per heavy atom. The van der Waals surface area contributed by atoms with E-state index < -0.39 is 11.2 Å². The topological polar surface area (TPSA) is 86.3 Å². The van der Waals surface area contributed by atoms with E-state index in [0.717, 1.165) is 11.1 Å². The molecular weight excluding hydrogens is 458 g/mol. The van der Waals surface area contributed by atoms with Crippen molar-refractivity contribution in [2.24, 2.45) is 0 Å². The quantitative estimate of drug-likeness (QED) is 0.399. The Balaban J connectivity index is 1.67. The molecule has 0 bridgehead atoms. The van der Waals surface area contributed by atoms with Gasteiger partial charge < -0.3 is 9.73 Å². The lowest BCUT2D eigenvalue weighted by Gasteiger charge is -2.19. The minimum Gasteiger partial charge on any atom is -0.467 e. The molecule has 166 valence electrons. The standard InChI is InChI=1S/C25H20ClN3O3S/c1-16-4-10-19(11-5-16)29-24(31)22(13-17-6-8-18(26)9-7-17)33-25(29)21(14-27)23(30)28-15-20-3-2-12-32-20/h2-12,22H,13,15H2,1H3,(H,28,30)/b25-21+/t22-/m1/s1. The highest BCUT2D eigenvalue weighted by Crippen LogP contribution is 2.42. The number of hydrogen-bond acceptors (Lipinski definition) is 5. The first-order valence-electron chi connectivity index (χ1n) is 10.2. The van der Waals surface area contributed by atoms with Crippen molar-refractivity contribution >= 4 is 40.9 Å². The molecule has 2 amide bonds. The molecule has 8 heteroatoms. The average molecular weight is 478 g/mol. The van der Waals surface area contributed by atoms with Crippen LogP contribution in [0.1, 0.15) is 16.9 Å². The van der Waals surface area contributed by atoms with Gasteiger partial charge in [-0.2, -0.15) is 5.26 Å². The molecule has 0 spiro atoms. The van der Waals surface area contributed by atoms with Gasteiger partial charge in [0.25, 0.3) is 5.91 Å². The number of amides is 2. The smallest absolute Gasteiger partial charge is 0.265 e. The SMILES string of the molecule is Cc1ccc(N2C(=O)[C@@H](Cc3ccc(Cl)cc3)S/C2=C(\C#N)C(=O)NCc2ccco2)cc1. The number of halogens is 1. The number of carbonyl (C=O) groups excluding carboxylic acids is 2. The predicted octanol–water partition coefficient (Wildman–Crippen LogP) is 4.98. The van der Waals surface area contributed by atoms with E-state index in [-0.39, 0.29) is 18.0 Å². The summed E-state index contributed by atoms with van der Waals surface area (Å²) in [6.45, 7) is 2.09. The van der Waals surface area contributed by atoms with Gasteiger partial charge in [0.05, 0.1) is 18.1 Å². The number of aryl methyl sites for hydroxylation is 1. The van der Waals surface area contributed by atoms with Crippen molar-refractivity contribution in [3.05, 3.63) is 99.4 Å². The van der Waals surface area contributed by atoms with Gasteiger partial charge >= 0.3 is 0 Å². The van der Waals surface area contributed by atoms with E-state index in [1.807, 2.05) is 49.4 Å². The van der Waals surface area contributed by atoms with Crippen molar-refractivity contribution in [1.29, 1.82) is 5.26 Å². The van der Waals surface area contributed by atoms with Crippen molar-refractivity contribution in [3.8, 4) is 6.07 Å². The first kappa shape index (κ1) is 22.7. The average Bonchev–Trinajstić information content (AvgIpc) is 3.44. The van der Waals surface area contributed by atoms with E-state index in [0.29, 0.717) is 27.9 Å². The third-order valence-corrected chi connectivity index (χ3v) is 6.65. The summed E-state index contributed by atoms with van der Waals surface area (Å²) in [4.78, 5) is 27.8. The maximum atomic E-state index is 13.4. The predicted molar refractivity (Wildman–Crippen MR) is 128 cm³/mol. The van der Waals surface area contributed by atoms with Crippen LogP contribution in [0.3, 0.4) is 0 Å². The van der Waals surface area contributed by atoms with E-state index in [2.05, 4.69) is 5.32 Å². The maximum Gasteiger partial charge on any atom is 0.265 e. The molecule has 0 saturated carbocycles. The molecule has 2 aromatic carbocycles. The number of furan rings is 1. The van der Waals surface area contributed by atoms with Crippen molar-refractivity contribution < 1.29 is 14.0 Å². The fourth-order valence-electron chi connectivity index (χ4n) is 3.42. The number of nitrogens with one attached hydrogen (secondary N) is 1. The molecule has 1 atom stereocenters. The zero-order valence-corrected chi connectivity index (χ0v) is 19.3. The minimum atomic E-state index is -0.562. The van der Waals surface area contributed by atoms with Crippen LogP contribution in [0.5, 0.6) is 0 Å². The molecule has 1 fully saturated rings. The molecule has 1 aromatic heterocycles. The van der Waals surface area contributed by atoms with E-state index in [9.17, 15) is 14.9 Å². The molecule has 33 heavy (non-hydrogen) atoms. The summed E-state index contributed by atoms with van der Waals surface area (Å²) in [6.07, 6.45) is 1.95. The lowest BCUT2D eigenvalue weighted by molar-refractivity contribution is -0.117. The molecule has 1 aliphatic heterocycles. The number of anilines is 1. The molecule has 0 aliphatic carbocycles. The highest BCUT2D eigenvalue weighted by atomic mass is 35.5. The van der Waals surface area contributed by atoms with Crippen LogP contribution in [0.25, 0.3) is 0 Å². The van der Waals surface area contributed by atoms with Crippen LogP contribution >= 0.6 is 23.4 Å². The molecule has 3 aromatic rings. The lowest BCUT2D eigenvalue weighted by atomic mass is 10.1. The van der Waals surface area contributed by atoms with E-state index in [1.54, 1.807) is 24.3 Å². The lowest BCUT2D eigenvalue weighted by Crippen LogP contribution is -2.32. The summed E-state index contributed by atoms with van der Waals surface area (Å²) in [7, 11) is 0. The van der Waals surface area contributed by atoms with E-state index in [1.165, 1.54) is 22.9 Å². The number of thioether (sulfide) groups is 1. The molecule has 1 aliphatic rings. The Labute approximate surface area is 200 Å². The largest absolute Gasteiger partial charge is 0.467 e. The van der Waals surface area contributed by atoms with Gasteiger partial charge in [-0.15, -0.1) is 0 Å². The van der Waals surface area contributed by atoms with Gasteiger partial charge in [-0.05, 0) is 55.3 Å². The first-order valence-corrected chi connectivity index (χ1v) is 11.5. The number of nitriles is 1. The van der Waals surface area contributed by atoms with Crippen LogP contribution in [-0.4, -0.2) is 17.1 Å². The van der Waals surface area contributed by atoms with Crippen LogP contribution < -0.4 is 10.2 Å². The summed E-state index contributed by atoms with van der Waals surface area (Å²) >= 11 is 7.21. The molecule has 0 unspecified atom stereocenters. The number of benzene rings is 2. The van der Waals surface area contributed by atoms with Gasteiger partial charge in [0, 0.05) is 10.7 Å². The second kappa shape index (κ2) is 9.99. The van der Waals surface area contributed by atoms with Gasteiger partial charge in [0.15, 0.2) is 0 Å². The van der Waals surface area contributed by atoms with Crippen molar-refractivity contribution in [2.45, 2.75) is 25.1 Å². The van der Waals surface area contributed by atoms with Crippen LogP contribution in [0.4, 0.5) is 5.69 Å². The Bertz CT molecular complexity index is 1230. The summed E-state index contributed by atoms with van der Waals surface area (Å²) in [5.41, 5.74) is 2.48.